The van der Waals surface area contributed by atoms with Crippen LogP contribution in [0.2, 0.25) is 0 Å². The summed E-state index contributed by atoms with van der Waals surface area (Å²) in [7, 11) is 1.52. The van der Waals surface area contributed by atoms with Gasteiger partial charge < -0.3 is 14.6 Å². The quantitative estimate of drug-likeness (QED) is 0.543. The molecular weight excluding hydrogens is 322 g/mol. The molecule has 6 heteroatoms. The molecule has 1 aromatic rings. The van der Waals surface area contributed by atoms with Gasteiger partial charge in [0, 0.05) is 18.4 Å². The summed E-state index contributed by atoms with van der Waals surface area (Å²) in [5, 5.41) is 8.65. The summed E-state index contributed by atoms with van der Waals surface area (Å²) in [5.41, 5.74) is 0.609. The maximum Gasteiger partial charge on any atom is 0.303 e. The number of pyridine rings is 1. The second-order valence-corrected chi connectivity index (χ2v) is 6.18. The Morgan fingerprint density at radius 2 is 2.04 bits per heavy atom. The molecule has 1 aliphatic rings. The van der Waals surface area contributed by atoms with Crippen molar-refractivity contribution in [3.8, 4) is 11.5 Å². The molecule has 2 rings (SSSR count). The number of nitrogens with zero attached hydrogens (tertiary/aromatic N) is 1. The fraction of sp³-hybridized carbons (Fsp3) is 0.526. The Bertz CT molecular complexity index is 620. The molecule has 0 radical (unpaired) electrons. The lowest BCUT2D eigenvalue weighted by atomic mass is 9.86. The molecule has 0 bridgehead atoms. The Labute approximate surface area is 147 Å². The van der Waals surface area contributed by atoms with Crippen LogP contribution in [0, 0.1) is 5.92 Å². The minimum Gasteiger partial charge on any atom is -0.491 e. The van der Waals surface area contributed by atoms with Crippen molar-refractivity contribution in [2.75, 3.05) is 13.7 Å². The van der Waals surface area contributed by atoms with Crippen molar-refractivity contribution in [3.63, 3.8) is 0 Å². The van der Waals surface area contributed by atoms with Gasteiger partial charge in [-0.05, 0) is 31.4 Å². The molecule has 6 nitrogen and oxygen atoms in total. The van der Waals surface area contributed by atoms with E-state index in [2.05, 4.69) is 4.98 Å². The molecule has 0 amide bonds. The van der Waals surface area contributed by atoms with Gasteiger partial charge in [0.1, 0.15) is 0 Å². The SMILES string of the molecule is COc1cnc(C=CC(=O)C2CCCCC2)cc1OCCCC(=O)O. The average molecular weight is 347 g/mol. The van der Waals surface area contributed by atoms with Crippen LogP contribution in [0.4, 0.5) is 0 Å². The average Bonchev–Trinajstić information content (AvgIpc) is 2.64. The van der Waals surface area contributed by atoms with E-state index in [1.54, 1.807) is 18.2 Å². The lowest BCUT2D eigenvalue weighted by molar-refractivity contribution is -0.137. The summed E-state index contributed by atoms with van der Waals surface area (Å²) in [6.07, 6.45) is 10.7. The van der Waals surface area contributed by atoms with Crippen molar-refractivity contribution in [2.24, 2.45) is 5.92 Å². The summed E-state index contributed by atoms with van der Waals surface area (Å²) in [4.78, 5) is 27.0. The van der Waals surface area contributed by atoms with E-state index in [-0.39, 0.29) is 24.7 Å². The minimum absolute atomic E-state index is 0.0516. The van der Waals surface area contributed by atoms with E-state index in [1.807, 2.05) is 0 Å². The van der Waals surface area contributed by atoms with Gasteiger partial charge in [-0.2, -0.15) is 0 Å². The van der Waals surface area contributed by atoms with Crippen molar-refractivity contribution in [1.29, 1.82) is 0 Å². The number of allylic oxidation sites excluding steroid dienone is 1. The van der Waals surface area contributed by atoms with Crippen molar-refractivity contribution < 1.29 is 24.2 Å². The van der Waals surface area contributed by atoms with E-state index in [0.717, 1.165) is 25.7 Å². The maximum atomic E-state index is 12.2. The van der Waals surface area contributed by atoms with Crippen LogP contribution >= 0.6 is 0 Å². The first-order valence-electron chi connectivity index (χ1n) is 8.70. The molecule has 136 valence electrons. The first kappa shape index (κ1) is 19.0. The first-order valence-corrected chi connectivity index (χ1v) is 8.70. The van der Waals surface area contributed by atoms with Gasteiger partial charge in [-0.3, -0.25) is 14.6 Å². The van der Waals surface area contributed by atoms with Crippen LogP contribution in [0.3, 0.4) is 0 Å². The largest absolute Gasteiger partial charge is 0.491 e. The molecule has 1 heterocycles. The number of carbonyl (C=O) groups is 2. The van der Waals surface area contributed by atoms with Gasteiger partial charge in [0.05, 0.1) is 25.6 Å². The zero-order chi connectivity index (χ0) is 18.1. The summed E-state index contributed by atoms with van der Waals surface area (Å²) in [5.74, 6) is 0.408. The van der Waals surface area contributed by atoms with Crippen LogP contribution in [-0.2, 0) is 9.59 Å². The standard InChI is InChI=1S/C19H25NO5/c1-24-18-13-20-15(12-17(18)25-11-5-8-19(22)23)9-10-16(21)14-6-3-2-4-7-14/h9-10,12-14H,2-8,11H2,1H3,(H,22,23). The Kier molecular flexibility index (Phi) is 7.44. The summed E-state index contributed by atoms with van der Waals surface area (Å²) in [6, 6.07) is 1.70. The predicted octanol–water partition coefficient (Wildman–Crippen LogP) is 3.50. The van der Waals surface area contributed by atoms with Gasteiger partial charge in [0.15, 0.2) is 17.3 Å². The Hall–Kier alpha value is -2.37. The normalized spacial score (nSPS) is 15.2. The molecule has 1 fully saturated rings. The van der Waals surface area contributed by atoms with Gasteiger partial charge in [-0.1, -0.05) is 19.3 Å². The minimum atomic E-state index is -0.852. The fourth-order valence-electron chi connectivity index (χ4n) is 2.89. The second kappa shape index (κ2) is 9.81. The smallest absolute Gasteiger partial charge is 0.303 e. The third-order valence-electron chi connectivity index (χ3n) is 4.29. The highest BCUT2D eigenvalue weighted by Gasteiger charge is 2.18. The van der Waals surface area contributed by atoms with Gasteiger partial charge in [0.25, 0.3) is 0 Å². The molecule has 0 spiro atoms. The molecule has 1 saturated carbocycles. The van der Waals surface area contributed by atoms with Crippen molar-refractivity contribution in [3.05, 3.63) is 24.0 Å². The van der Waals surface area contributed by atoms with Crippen molar-refractivity contribution in [2.45, 2.75) is 44.9 Å². The number of ether oxygens (including phenoxy) is 2. The molecule has 0 saturated heterocycles. The molecule has 0 aromatic carbocycles. The second-order valence-electron chi connectivity index (χ2n) is 6.18. The number of carbonyl (C=O) groups excluding carboxylic acids is 1. The van der Waals surface area contributed by atoms with Crippen LogP contribution in [0.15, 0.2) is 18.3 Å². The number of methoxy groups -OCH3 is 1. The zero-order valence-corrected chi connectivity index (χ0v) is 14.6. The Morgan fingerprint density at radius 1 is 1.28 bits per heavy atom. The number of carboxylic acid groups (broad SMARTS) is 1. The predicted molar refractivity (Wildman–Crippen MR) is 93.8 cm³/mol. The number of aromatic nitrogens is 1. The van der Waals surface area contributed by atoms with Gasteiger partial charge in [-0.25, -0.2) is 0 Å². The molecule has 25 heavy (non-hydrogen) atoms. The molecule has 0 atom stereocenters. The number of hydrogen-bond donors (Lipinski definition) is 1. The van der Waals surface area contributed by atoms with Gasteiger partial charge in [0.2, 0.25) is 0 Å². The van der Waals surface area contributed by atoms with Crippen LogP contribution in [0.1, 0.15) is 50.6 Å². The monoisotopic (exact) mass is 347 g/mol. The van der Waals surface area contributed by atoms with Crippen molar-refractivity contribution in [1.82, 2.24) is 4.98 Å². The fourth-order valence-corrected chi connectivity index (χ4v) is 2.89. The highest BCUT2D eigenvalue weighted by molar-refractivity contribution is 5.95. The van der Waals surface area contributed by atoms with Crippen LogP contribution < -0.4 is 9.47 Å². The van der Waals surface area contributed by atoms with Crippen LogP contribution in [0.25, 0.3) is 6.08 Å². The number of aliphatic carboxylic acids is 1. The molecule has 0 unspecified atom stereocenters. The lowest BCUT2D eigenvalue weighted by Crippen LogP contribution is -2.15. The lowest BCUT2D eigenvalue weighted by Gasteiger charge is -2.18. The van der Waals surface area contributed by atoms with E-state index >= 15 is 0 Å². The van der Waals surface area contributed by atoms with Gasteiger partial charge in [-0.15, -0.1) is 0 Å². The van der Waals surface area contributed by atoms with Crippen molar-refractivity contribution >= 4 is 17.8 Å². The molecule has 1 N–H and O–H groups in total. The summed E-state index contributed by atoms with van der Waals surface area (Å²) >= 11 is 0. The van der Waals surface area contributed by atoms with Crippen LogP contribution in [0.5, 0.6) is 11.5 Å². The highest BCUT2D eigenvalue weighted by Crippen LogP contribution is 2.28. The van der Waals surface area contributed by atoms with E-state index < -0.39 is 5.97 Å². The summed E-state index contributed by atoms with van der Waals surface area (Å²) < 4.78 is 10.8. The zero-order valence-electron chi connectivity index (χ0n) is 14.6. The number of rotatable bonds is 9. The topological polar surface area (TPSA) is 85.7 Å². The van der Waals surface area contributed by atoms with E-state index in [1.165, 1.54) is 19.7 Å². The highest BCUT2D eigenvalue weighted by atomic mass is 16.5. The molecular formula is C19H25NO5. The van der Waals surface area contributed by atoms with Crippen LogP contribution in [-0.4, -0.2) is 35.6 Å². The van der Waals surface area contributed by atoms with E-state index in [0.29, 0.717) is 23.6 Å². The molecule has 1 aromatic heterocycles. The molecule has 1 aliphatic carbocycles. The third kappa shape index (κ3) is 6.21. The Morgan fingerprint density at radius 3 is 2.72 bits per heavy atom. The maximum absolute atomic E-state index is 12.2. The van der Waals surface area contributed by atoms with E-state index in [4.69, 9.17) is 14.6 Å². The Balaban J connectivity index is 1.97. The summed E-state index contributed by atoms with van der Waals surface area (Å²) in [6.45, 7) is 0.275. The first-order chi connectivity index (χ1) is 12.1. The molecule has 0 aliphatic heterocycles. The number of ketones is 1. The third-order valence-corrected chi connectivity index (χ3v) is 4.29. The van der Waals surface area contributed by atoms with E-state index in [9.17, 15) is 9.59 Å². The number of hydrogen-bond acceptors (Lipinski definition) is 5. The van der Waals surface area contributed by atoms with Gasteiger partial charge >= 0.3 is 5.97 Å². The number of carboxylic acids is 1.